The zero-order valence-corrected chi connectivity index (χ0v) is 16.4. The molecule has 1 aliphatic heterocycles. The summed E-state index contributed by atoms with van der Waals surface area (Å²) in [5.41, 5.74) is 1.95. The number of anilines is 2. The number of carbonyl (C=O) groups excluding carboxylic acids is 3. The molecule has 28 heavy (non-hydrogen) atoms. The summed E-state index contributed by atoms with van der Waals surface area (Å²) in [6, 6.07) is 13.7. The molecule has 0 aliphatic carbocycles. The molecule has 0 spiro atoms. The van der Waals surface area contributed by atoms with Crippen LogP contribution in [0.2, 0.25) is 0 Å². The molecule has 1 heterocycles. The molecule has 3 rings (SSSR count). The Morgan fingerprint density at radius 3 is 2.29 bits per heavy atom. The van der Waals surface area contributed by atoms with Gasteiger partial charge in [0.05, 0.1) is 18.4 Å². The Hall–Kier alpha value is -3.12. The molecule has 7 heteroatoms. The number of para-hydroxylation sites is 1. The summed E-state index contributed by atoms with van der Waals surface area (Å²) in [5.74, 6) is -1.63. The van der Waals surface area contributed by atoms with Gasteiger partial charge in [0.2, 0.25) is 0 Å². The second kappa shape index (κ2) is 7.86. The monoisotopic (exact) mass is 398 g/mol. The standard InChI is InChI=1S/C21H19ClN2O4/c1-12(2)13-8-10-14(11-9-13)23-18-17(22)19(25)24(20(18)26)16-7-5-4-6-15(16)21(27)28-3/h4-12,23H,1-3H3. The molecule has 1 aliphatic rings. The van der Waals surface area contributed by atoms with Gasteiger partial charge in [-0.15, -0.1) is 0 Å². The largest absolute Gasteiger partial charge is 0.465 e. The second-order valence-electron chi connectivity index (χ2n) is 6.55. The summed E-state index contributed by atoms with van der Waals surface area (Å²) >= 11 is 6.15. The van der Waals surface area contributed by atoms with Gasteiger partial charge in [-0.1, -0.05) is 49.7 Å². The molecule has 0 fully saturated rings. The molecule has 0 saturated carbocycles. The summed E-state index contributed by atoms with van der Waals surface area (Å²) < 4.78 is 4.74. The van der Waals surface area contributed by atoms with E-state index in [-0.39, 0.29) is 22.0 Å². The second-order valence-corrected chi connectivity index (χ2v) is 6.92. The number of carbonyl (C=O) groups is 3. The van der Waals surface area contributed by atoms with Gasteiger partial charge in [0.15, 0.2) is 0 Å². The highest BCUT2D eigenvalue weighted by Gasteiger charge is 2.40. The van der Waals surface area contributed by atoms with E-state index in [1.54, 1.807) is 12.1 Å². The Kier molecular flexibility index (Phi) is 5.51. The quantitative estimate of drug-likeness (QED) is 0.607. The van der Waals surface area contributed by atoms with Crippen LogP contribution in [0.4, 0.5) is 11.4 Å². The lowest BCUT2D eigenvalue weighted by molar-refractivity contribution is -0.120. The lowest BCUT2D eigenvalue weighted by atomic mass is 10.0. The number of ether oxygens (including phenoxy) is 1. The van der Waals surface area contributed by atoms with Crippen LogP contribution < -0.4 is 10.2 Å². The number of amides is 2. The molecule has 0 radical (unpaired) electrons. The zero-order valence-electron chi connectivity index (χ0n) is 15.7. The van der Waals surface area contributed by atoms with Crippen LogP contribution in [0, 0.1) is 0 Å². The molecule has 6 nitrogen and oxygen atoms in total. The van der Waals surface area contributed by atoms with Gasteiger partial charge < -0.3 is 10.1 Å². The average molecular weight is 399 g/mol. The van der Waals surface area contributed by atoms with Gasteiger partial charge in [0.25, 0.3) is 11.8 Å². The first-order valence-electron chi connectivity index (χ1n) is 8.68. The molecule has 2 aromatic carbocycles. The van der Waals surface area contributed by atoms with Crippen molar-refractivity contribution in [2.75, 3.05) is 17.3 Å². The summed E-state index contributed by atoms with van der Waals surface area (Å²) in [7, 11) is 1.23. The van der Waals surface area contributed by atoms with Gasteiger partial charge in [0.1, 0.15) is 10.7 Å². The van der Waals surface area contributed by atoms with Gasteiger partial charge >= 0.3 is 5.97 Å². The van der Waals surface area contributed by atoms with Gasteiger partial charge in [-0.2, -0.15) is 0 Å². The number of methoxy groups -OCH3 is 1. The number of nitrogens with one attached hydrogen (secondary N) is 1. The third-order valence-electron chi connectivity index (χ3n) is 4.42. The number of imide groups is 1. The van der Waals surface area contributed by atoms with Gasteiger partial charge in [-0.25, -0.2) is 9.69 Å². The Balaban J connectivity index is 1.92. The SMILES string of the molecule is COC(=O)c1ccccc1N1C(=O)C(Cl)=C(Nc2ccc(C(C)C)cc2)C1=O. The zero-order chi connectivity index (χ0) is 20.4. The fourth-order valence-electron chi connectivity index (χ4n) is 2.88. The highest BCUT2D eigenvalue weighted by molar-refractivity contribution is 6.53. The van der Waals surface area contributed by atoms with Crippen molar-refractivity contribution in [1.29, 1.82) is 0 Å². The molecule has 2 amide bonds. The van der Waals surface area contributed by atoms with Gasteiger partial charge in [-0.3, -0.25) is 9.59 Å². The fraction of sp³-hybridized carbons (Fsp3) is 0.190. The molecule has 0 atom stereocenters. The summed E-state index contributed by atoms with van der Waals surface area (Å²) in [6.07, 6.45) is 0. The van der Waals surface area contributed by atoms with E-state index < -0.39 is 17.8 Å². The Morgan fingerprint density at radius 1 is 1.04 bits per heavy atom. The number of halogens is 1. The molecule has 0 saturated heterocycles. The third kappa shape index (κ3) is 3.51. The number of esters is 1. The van der Waals surface area contributed by atoms with E-state index in [9.17, 15) is 14.4 Å². The van der Waals surface area contributed by atoms with Crippen LogP contribution in [0.5, 0.6) is 0 Å². The Morgan fingerprint density at radius 2 is 1.68 bits per heavy atom. The van der Waals surface area contributed by atoms with E-state index in [2.05, 4.69) is 19.2 Å². The van der Waals surface area contributed by atoms with E-state index in [4.69, 9.17) is 16.3 Å². The van der Waals surface area contributed by atoms with Crippen molar-refractivity contribution in [1.82, 2.24) is 0 Å². The number of hydrogen-bond acceptors (Lipinski definition) is 5. The normalized spacial score (nSPS) is 14.1. The number of rotatable bonds is 5. The van der Waals surface area contributed by atoms with Crippen LogP contribution in [0.15, 0.2) is 59.3 Å². The first-order valence-corrected chi connectivity index (χ1v) is 9.05. The van der Waals surface area contributed by atoms with Crippen molar-refractivity contribution in [3.05, 3.63) is 70.4 Å². The highest BCUT2D eigenvalue weighted by Crippen LogP contribution is 2.32. The minimum atomic E-state index is -0.704. The molecule has 144 valence electrons. The third-order valence-corrected chi connectivity index (χ3v) is 4.77. The molecular formula is C21H19ClN2O4. The van der Waals surface area contributed by atoms with Crippen molar-refractivity contribution in [2.45, 2.75) is 19.8 Å². The van der Waals surface area contributed by atoms with Crippen LogP contribution in [0.25, 0.3) is 0 Å². The van der Waals surface area contributed by atoms with Crippen LogP contribution >= 0.6 is 11.6 Å². The highest BCUT2D eigenvalue weighted by atomic mass is 35.5. The van der Waals surface area contributed by atoms with Crippen molar-refractivity contribution >= 4 is 40.8 Å². The van der Waals surface area contributed by atoms with Crippen molar-refractivity contribution in [2.24, 2.45) is 0 Å². The Labute approximate surface area is 167 Å². The van der Waals surface area contributed by atoms with E-state index in [1.165, 1.54) is 19.2 Å². The first-order chi connectivity index (χ1) is 13.3. The summed E-state index contributed by atoms with van der Waals surface area (Å²) in [4.78, 5) is 38.5. The topological polar surface area (TPSA) is 75.7 Å². The fourth-order valence-corrected chi connectivity index (χ4v) is 3.09. The summed E-state index contributed by atoms with van der Waals surface area (Å²) in [5, 5.41) is 2.68. The van der Waals surface area contributed by atoms with E-state index in [1.807, 2.05) is 24.3 Å². The van der Waals surface area contributed by atoms with Crippen LogP contribution in [-0.4, -0.2) is 24.9 Å². The number of benzene rings is 2. The van der Waals surface area contributed by atoms with E-state index in [0.717, 1.165) is 10.5 Å². The number of nitrogens with zero attached hydrogens (tertiary/aromatic N) is 1. The summed E-state index contributed by atoms with van der Waals surface area (Å²) in [6.45, 7) is 4.16. The minimum absolute atomic E-state index is 0.0383. The number of hydrogen-bond donors (Lipinski definition) is 1. The molecule has 2 aromatic rings. The lowest BCUT2D eigenvalue weighted by Crippen LogP contribution is -2.33. The predicted octanol–water partition coefficient (Wildman–Crippen LogP) is 4.03. The first kappa shape index (κ1) is 19.6. The molecule has 1 N–H and O–H groups in total. The smallest absolute Gasteiger partial charge is 0.339 e. The Bertz CT molecular complexity index is 980. The lowest BCUT2D eigenvalue weighted by Gasteiger charge is -2.18. The maximum Gasteiger partial charge on any atom is 0.339 e. The molecule has 0 unspecified atom stereocenters. The van der Waals surface area contributed by atoms with Gasteiger partial charge in [-0.05, 0) is 35.7 Å². The molecule has 0 aromatic heterocycles. The predicted molar refractivity (Wildman–Crippen MR) is 107 cm³/mol. The van der Waals surface area contributed by atoms with Crippen molar-refractivity contribution in [3.63, 3.8) is 0 Å². The van der Waals surface area contributed by atoms with E-state index >= 15 is 0 Å². The van der Waals surface area contributed by atoms with Gasteiger partial charge in [0, 0.05) is 5.69 Å². The van der Waals surface area contributed by atoms with E-state index in [0.29, 0.717) is 11.6 Å². The van der Waals surface area contributed by atoms with Crippen molar-refractivity contribution in [3.8, 4) is 0 Å². The maximum absolute atomic E-state index is 12.9. The average Bonchev–Trinajstić information content (AvgIpc) is 2.91. The van der Waals surface area contributed by atoms with Crippen molar-refractivity contribution < 1.29 is 19.1 Å². The van der Waals surface area contributed by atoms with Crippen LogP contribution in [0.3, 0.4) is 0 Å². The molecule has 0 bridgehead atoms. The van der Waals surface area contributed by atoms with Crippen LogP contribution in [-0.2, 0) is 14.3 Å². The minimum Gasteiger partial charge on any atom is -0.465 e. The molecular weight excluding hydrogens is 380 g/mol. The maximum atomic E-state index is 12.9. The van der Waals surface area contributed by atoms with Crippen LogP contribution in [0.1, 0.15) is 35.7 Å².